The minimum Gasteiger partial charge on any atom is -0.342 e. The number of carbonyl (C=O) groups is 1. The molecular formula is C22H19N5O2. The van der Waals surface area contributed by atoms with Crippen molar-refractivity contribution in [2.24, 2.45) is 5.73 Å². The largest absolute Gasteiger partial charge is 0.342 e. The van der Waals surface area contributed by atoms with Crippen LogP contribution in [0.1, 0.15) is 16.1 Å². The van der Waals surface area contributed by atoms with Crippen LogP contribution >= 0.6 is 0 Å². The van der Waals surface area contributed by atoms with Crippen LogP contribution in [0.4, 0.5) is 0 Å². The number of methoxy groups -OCH3 is 1. The Morgan fingerprint density at radius 2 is 1.83 bits per heavy atom. The van der Waals surface area contributed by atoms with E-state index in [4.69, 9.17) is 10.5 Å². The molecule has 2 heterocycles. The van der Waals surface area contributed by atoms with Gasteiger partial charge in [0.15, 0.2) is 0 Å². The molecule has 0 saturated heterocycles. The minimum atomic E-state index is -1.57. The first kappa shape index (κ1) is 18.7. The van der Waals surface area contributed by atoms with Gasteiger partial charge in [0.05, 0.1) is 5.52 Å². The summed E-state index contributed by atoms with van der Waals surface area (Å²) in [6.07, 6.45) is 4.78. The van der Waals surface area contributed by atoms with Crippen molar-refractivity contribution in [2.45, 2.75) is 5.85 Å². The summed E-state index contributed by atoms with van der Waals surface area (Å²) >= 11 is 0. The van der Waals surface area contributed by atoms with Crippen LogP contribution in [0.3, 0.4) is 0 Å². The second-order valence-electron chi connectivity index (χ2n) is 6.42. The van der Waals surface area contributed by atoms with Gasteiger partial charge in [-0.15, -0.1) is 0 Å². The highest BCUT2D eigenvalue weighted by Crippen LogP contribution is 2.29. The number of para-hydroxylation sites is 1. The van der Waals surface area contributed by atoms with Crippen LogP contribution in [-0.2, 0) is 10.6 Å². The number of fused-ring (bicyclic) bond motifs is 1. The van der Waals surface area contributed by atoms with Crippen LogP contribution in [0.2, 0.25) is 0 Å². The molecule has 0 saturated carbocycles. The molecule has 2 aromatic heterocycles. The summed E-state index contributed by atoms with van der Waals surface area (Å²) in [5.41, 5.74) is 9.68. The second-order valence-corrected chi connectivity index (χ2v) is 6.42. The van der Waals surface area contributed by atoms with Gasteiger partial charge in [0.1, 0.15) is 12.0 Å². The number of rotatable bonds is 5. The molecule has 0 aliphatic rings. The predicted molar refractivity (Wildman–Crippen MR) is 110 cm³/mol. The molecule has 1 atom stereocenters. The molecular weight excluding hydrogens is 366 g/mol. The van der Waals surface area contributed by atoms with Gasteiger partial charge in [-0.2, -0.15) is 0 Å². The Labute approximate surface area is 167 Å². The lowest BCUT2D eigenvalue weighted by Gasteiger charge is -2.31. The van der Waals surface area contributed by atoms with E-state index in [-0.39, 0.29) is 5.69 Å². The fourth-order valence-electron chi connectivity index (χ4n) is 3.22. The summed E-state index contributed by atoms with van der Waals surface area (Å²) < 4.78 is 5.57. The van der Waals surface area contributed by atoms with Crippen molar-refractivity contribution in [3.8, 4) is 11.1 Å². The van der Waals surface area contributed by atoms with Gasteiger partial charge in [-0.3, -0.25) is 15.5 Å². The van der Waals surface area contributed by atoms with Gasteiger partial charge in [-0.25, -0.2) is 9.97 Å². The summed E-state index contributed by atoms with van der Waals surface area (Å²) in [5.74, 6) is -2.04. The minimum absolute atomic E-state index is 0.223. The molecule has 4 aromatic rings. The Hall–Kier alpha value is -3.68. The quantitative estimate of drug-likeness (QED) is 0.512. The predicted octanol–water partition coefficient (Wildman–Crippen LogP) is 2.84. The van der Waals surface area contributed by atoms with Gasteiger partial charge in [-0.1, -0.05) is 48.5 Å². The van der Waals surface area contributed by atoms with Crippen LogP contribution in [0, 0.1) is 0 Å². The molecule has 0 spiro atoms. The Morgan fingerprint density at radius 3 is 2.62 bits per heavy atom. The SMILES string of the molecule is COC(N)(NC(=O)c1ncnc2ccccc12)c1ccccc1-c1cccnc1. The van der Waals surface area contributed by atoms with Crippen molar-refractivity contribution in [3.63, 3.8) is 0 Å². The third-order valence-electron chi connectivity index (χ3n) is 4.68. The van der Waals surface area contributed by atoms with E-state index in [1.54, 1.807) is 18.5 Å². The number of aromatic nitrogens is 3. The molecule has 0 aliphatic carbocycles. The second kappa shape index (κ2) is 7.75. The molecule has 2 aromatic carbocycles. The molecule has 7 nitrogen and oxygen atoms in total. The van der Waals surface area contributed by atoms with E-state index >= 15 is 0 Å². The summed E-state index contributed by atoms with van der Waals surface area (Å²) in [5, 5.41) is 3.41. The smallest absolute Gasteiger partial charge is 0.274 e. The van der Waals surface area contributed by atoms with Crippen LogP contribution in [0.15, 0.2) is 79.4 Å². The maximum Gasteiger partial charge on any atom is 0.274 e. The Balaban J connectivity index is 1.75. The third-order valence-corrected chi connectivity index (χ3v) is 4.68. The van der Waals surface area contributed by atoms with Gasteiger partial charge in [0.2, 0.25) is 5.85 Å². The maximum absolute atomic E-state index is 13.1. The van der Waals surface area contributed by atoms with Crippen LogP contribution in [-0.4, -0.2) is 28.0 Å². The molecule has 7 heteroatoms. The highest BCUT2D eigenvalue weighted by Gasteiger charge is 2.33. The molecule has 0 aliphatic heterocycles. The number of benzene rings is 2. The van der Waals surface area contributed by atoms with Crippen molar-refractivity contribution in [3.05, 3.63) is 90.6 Å². The summed E-state index contributed by atoms with van der Waals surface area (Å²) in [4.78, 5) is 25.6. The zero-order valence-corrected chi connectivity index (χ0v) is 15.7. The van der Waals surface area contributed by atoms with Crippen LogP contribution < -0.4 is 11.1 Å². The van der Waals surface area contributed by atoms with Gasteiger partial charge >= 0.3 is 0 Å². The van der Waals surface area contributed by atoms with E-state index < -0.39 is 11.8 Å². The monoisotopic (exact) mass is 385 g/mol. The lowest BCUT2D eigenvalue weighted by molar-refractivity contribution is -0.0332. The van der Waals surface area contributed by atoms with Crippen molar-refractivity contribution < 1.29 is 9.53 Å². The molecule has 4 rings (SSSR count). The van der Waals surface area contributed by atoms with Crippen LogP contribution in [0.25, 0.3) is 22.0 Å². The van der Waals surface area contributed by atoms with Gasteiger partial charge in [0, 0.05) is 36.0 Å². The fourth-order valence-corrected chi connectivity index (χ4v) is 3.22. The van der Waals surface area contributed by atoms with Gasteiger partial charge in [-0.05, 0) is 17.7 Å². The molecule has 144 valence electrons. The standard InChI is InChI=1S/C22H19N5O2/c1-29-22(23,18-10-4-2-8-16(18)15-7-6-12-24-13-15)27-21(28)20-17-9-3-5-11-19(17)25-14-26-20/h2-14H,23H2,1H3,(H,27,28). The first-order chi connectivity index (χ1) is 14.1. The van der Waals surface area contributed by atoms with Crippen molar-refractivity contribution >= 4 is 16.8 Å². The van der Waals surface area contributed by atoms with Gasteiger partial charge in [0.25, 0.3) is 5.91 Å². The van der Waals surface area contributed by atoms with E-state index in [2.05, 4.69) is 20.3 Å². The van der Waals surface area contributed by atoms with E-state index in [0.717, 1.165) is 11.1 Å². The molecule has 0 fully saturated rings. The lowest BCUT2D eigenvalue weighted by atomic mass is 9.97. The average Bonchev–Trinajstić information content (AvgIpc) is 2.79. The fraction of sp³-hybridized carbons (Fsp3) is 0.0909. The Bertz CT molecular complexity index is 1160. The Kier molecular flexibility index (Phi) is 4.99. The number of nitrogens with one attached hydrogen (secondary N) is 1. The average molecular weight is 385 g/mol. The zero-order chi connectivity index (χ0) is 20.3. The molecule has 0 bridgehead atoms. The topological polar surface area (TPSA) is 103 Å². The third kappa shape index (κ3) is 3.56. The maximum atomic E-state index is 13.1. The molecule has 1 amide bonds. The normalized spacial score (nSPS) is 13.0. The van der Waals surface area contributed by atoms with Gasteiger partial charge < -0.3 is 10.1 Å². The lowest BCUT2D eigenvalue weighted by Crippen LogP contribution is -2.55. The van der Waals surface area contributed by atoms with Crippen molar-refractivity contribution in [1.82, 2.24) is 20.3 Å². The molecule has 3 N–H and O–H groups in total. The highest BCUT2D eigenvalue weighted by atomic mass is 16.5. The number of nitrogens with two attached hydrogens (primary N) is 1. The van der Waals surface area contributed by atoms with Crippen molar-refractivity contribution in [2.75, 3.05) is 7.11 Å². The number of pyridine rings is 1. The van der Waals surface area contributed by atoms with Crippen molar-refractivity contribution in [1.29, 1.82) is 0 Å². The van der Waals surface area contributed by atoms with E-state index in [1.165, 1.54) is 13.4 Å². The summed E-state index contributed by atoms with van der Waals surface area (Å²) in [6.45, 7) is 0. The first-order valence-corrected chi connectivity index (χ1v) is 8.98. The molecule has 1 unspecified atom stereocenters. The Morgan fingerprint density at radius 1 is 1.03 bits per heavy atom. The number of ether oxygens (including phenoxy) is 1. The van der Waals surface area contributed by atoms with E-state index in [0.29, 0.717) is 16.5 Å². The van der Waals surface area contributed by atoms with Crippen LogP contribution in [0.5, 0.6) is 0 Å². The highest BCUT2D eigenvalue weighted by molar-refractivity contribution is 6.04. The number of hydrogen-bond acceptors (Lipinski definition) is 6. The number of hydrogen-bond donors (Lipinski definition) is 2. The number of nitrogens with zero attached hydrogens (tertiary/aromatic N) is 3. The summed E-state index contributed by atoms with van der Waals surface area (Å²) in [7, 11) is 1.44. The first-order valence-electron chi connectivity index (χ1n) is 8.98. The van der Waals surface area contributed by atoms with E-state index in [9.17, 15) is 4.79 Å². The molecule has 29 heavy (non-hydrogen) atoms. The summed E-state index contributed by atoms with van der Waals surface area (Å²) in [6, 6.07) is 18.5. The molecule has 0 radical (unpaired) electrons. The number of amides is 1. The van der Waals surface area contributed by atoms with E-state index in [1.807, 2.05) is 54.6 Å². The number of carbonyl (C=O) groups excluding carboxylic acids is 1. The zero-order valence-electron chi connectivity index (χ0n) is 15.7.